The van der Waals surface area contributed by atoms with Gasteiger partial charge in [0.05, 0.1) is 0 Å². The molecule has 3 heteroatoms. The molecule has 0 aliphatic carbocycles. The number of nitrogens with one attached hydrogen (secondary N) is 1. The van der Waals surface area contributed by atoms with Crippen LogP contribution in [0.2, 0.25) is 0 Å². The number of nitrogen functional groups attached to an aromatic ring is 1. The molecule has 60 valence electrons. The van der Waals surface area contributed by atoms with Gasteiger partial charge >= 0.3 is 0 Å². The lowest BCUT2D eigenvalue weighted by Gasteiger charge is -2.05. The van der Waals surface area contributed by atoms with Gasteiger partial charge in [0.15, 0.2) is 0 Å². The number of nitrogens with two attached hydrogens (primary N) is 1. The van der Waals surface area contributed by atoms with Gasteiger partial charge in [0.25, 0.3) is 5.56 Å². The van der Waals surface area contributed by atoms with E-state index in [0.717, 1.165) is 0 Å². The maximum absolute atomic E-state index is 11.1. The van der Waals surface area contributed by atoms with Gasteiger partial charge in [-0.1, -0.05) is 13.8 Å². The molecule has 1 heterocycles. The van der Waals surface area contributed by atoms with Gasteiger partial charge in [-0.05, 0) is 12.0 Å². The van der Waals surface area contributed by atoms with Gasteiger partial charge in [-0.15, -0.1) is 0 Å². The van der Waals surface area contributed by atoms with E-state index in [4.69, 9.17) is 5.73 Å². The van der Waals surface area contributed by atoms with Crippen LogP contribution in [0.4, 0.5) is 5.69 Å². The lowest BCUT2D eigenvalue weighted by atomic mass is 10.0. The van der Waals surface area contributed by atoms with Crippen molar-refractivity contribution >= 4 is 5.69 Å². The highest BCUT2D eigenvalue weighted by molar-refractivity contribution is 5.45. The first kappa shape index (κ1) is 7.85. The molecule has 0 saturated heterocycles. The highest BCUT2D eigenvalue weighted by atomic mass is 16.1. The largest absolute Gasteiger partial charge is 0.398 e. The van der Waals surface area contributed by atoms with Crippen LogP contribution in [0.25, 0.3) is 0 Å². The number of H-pyrrole nitrogens is 1. The van der Waals surface area contributed by atoms with Crippen LogP contribution in [0.3, 0.4) is 0 Å². The summed E-state index contributed by atoms with van der Waals surface area (Å²) in [6, 6.07) is 1.71. The van der Waals surface area contributed by atoms with Gasteiger partial charge in [0.2, 0.25) is 0 Å². The van der Waals surface area contributed by atoms with Crippen LogP contribution >= 0.6 is 0 Å². The van der Waals surface area contributed by atoms with Crippen molar-refractivity contribution in [2.24, 2.45) is 0 Å². The summed E-state index contributed by atoms with van der Waals surface area (Å²) < 4.78 is 0. The molecule has 0 spiro atoms. The van der Waals surface area contributed by atoms with Crippen LogP contribution in [-0.4, -0.2) is 4.98 Å². The molecule has 1 aromatic heterocycles. The van der Waals surface area contributed by atoms with Crippen LogP contribution in [0.15, 0.2) is 17.1 Å². The molecule has 0 amide bonds. The van der Waals surface area contributed by atoms with E-state index in [2.05, 4.69) is 4.98 Å². The molecule has 0 aliphatic rings. The Kier molecular flexibility index (Phi) is 1.98. The minimum absolute atomic E-state index is 0.0833. The third-order valence-electron chi connectivity index (χ3n) is 1.61. The summed E-state index contributed by atoms with van der Waals surface area (Å²) in [5.41, 5.74) is 6.77. The molecule has 0 fully saturated rings. The molecule has 3 N–H and O–H groups in total. The second kappa shape index (κ2) is 2.78. The van der Waals surface area contributed by atoms with E-state index >= 15 is 0 Å². The van der Waals surface area contributed by atoms with Gasteiger partial charge in [-0.25, -0.2) is 0 Å². The van der Waals surface area contributed by atoms with Gasteiger partial charge in [-0.3, -0.25) is 4.79 Å². The Morgan fingerprint density at radius 3 is 2.55 bits per heavy atom. The van der Waals surface area contributed by atoms with Crippen molar-refractivity contribution in [1.82, 2.24) is 4.98 Å². The predicted molar refractivity (Wildman–Crippen MR) is 45.6 cm³/mol. The Bertz CT molecular complexity index is 301. The van der Waals surface area contributed by atoms with Gasteiger partial charge in [0, 0.05) is 17.4 Å². The number of aromatic amines is 1. The fraction of sp³-hybridized carbons (Fsp3) is 0.375. The summed E-state index contributed by atoms with van der Waals surface area (Å²) in [6.45, 7) is 3.89. The molecule has 0 saturated carbocycles. The second-order valence-electron chi connectivity index (χ2n) is 2.83. The smallest absolute Gasteiger partial charge is 0.253 e. The quantitative estimate of drug-likeness (QED) is 0.632. The van der Waals surface area contributed by atoms with Crippen LogP contribution in [0.5, 0.6) is 0 Å². The number of aromatic nitrogens is 1. The minimum atomic E-state index is -0.0833. The van der Waals surface area contributed by atoms with E-state index in [9.17, 15) is 4.79 Å². The van der Waals surface area contributed by atoms with Crippen LogP contribution < -0.4 is 11.3 Å². The van der Waals surface area contributed by atoms with Crippen LogP contribution in [0, 0.1) is 0 Å². The Morgan fingerprint density at radius 2 is 2.18 bits per heavy atom. The predicted octanol–water partition coefficient (Wildman–Crippen LogP) is 1.08. The molecule has 0 aromatic carbocycles. The van der Waals surface area contributed by atoms with Gasteiger partial charge in [-0.2, -0.15) is 0 Å². The second-order valence-corrected chi connectivity index (χ2v) is 2.83. The van der Waals surface area contributed by atoms with E-state index in [1.165, 1.54) is 0 Å². The fourth-order valence-corrected chi connectivity index (χ4v) is 1.10. The number of pyridine rings is 1. The van der Waals surface area contributed by atoms with E-state index in [1.54, 1.807) is 12.3 Å². The number of hydrogen-bond donors (Lipinski definition) is 2. The Balaban J connectivity index is 3.33. The minimum Gasteiger partial charge on any atom is -0.398 e. The summed E-state index contributed by atoms with van der Waals surface area (Å²) in [4.78, 5) is 13.7. The summed E-state index contributed by atoms with van der Waals surface area (Å²) in [5.74, 6) is 0.181. The average Bonchev–Trinajstić information content (AvgIpc) is 1.85. The van der Waals surface area contributed by atoms with E-state index in [1.807, 2.05) is 13.8 Å². The monoisotopic (exact) mass is 152 g/mol. The number of hydrogen-bond acceptors (Lipinski definition) is 2. The molecule has 0 aliphatic heterocycles. The molecule has 1 aromatic rings. The van der Waals surface area contributed by atoms with E-state index < -0.39 is 0 Å². The first-order valence-corrected chi connectivity index (χ1v) is 3.60. The van der Waals surface area contributed by atoms with E-state index in [-0.39, 0.29) is 11.5 Å². The van der Waals surface area contributed by atoms with Crippen molar-refractivity contribution in [3.63, 3.8) is 0 Å². The topological polar surface area (TPSA) is 58.9 Å². The van der Waals surface area contributed by atoms with Crippen molar-refractivity contribution in [2.75, 3.05) is 5.73 Å². The summed E-state index contributed by atoms with van der Waals surface area (Å²) in [7, 11) is 0. The van der Waals surface area contributed by atoms with Crippen molar-refractivity contribution < 1.29 is 0 Å². The fourth-order valence-electron chi connectivity index (χ4n) is 1.10. The van der Waals surface area contributed by atoms with Crippen molar-refractivity contribution in [1.29, 1.82) is 0 Å². The molecular formula is C8H12N2O. The summed E-state index contributed by atoms with van der Waals surface area (Å²) in [5, 5.41) is 0. The number of anilines is 1. The zero-order valence-electron chi connectivity index (χ0n) is 6.72. The Morgan fingerprint density at radius 1 is 1.55 bits per heavy atom. The van der Waals surface area contributed by atoms with Crippen LogP contribution in [0.1, 0.15) is 25.3 Å². The third kappa shape index (κ3) is 1.42. The molecule has 0 unspecified atom stereocenters. The highest BCUT2D eigenvalue weighted by Gasteiger charge is 2.07. The van der Waals surface area contributed by atoms with Crippen LogP contribution in [-0.2, 0) is 0 Å². The summed E-state index contributed by atoms with van der Waals surface area (Å²) in [6.07, 6.45) is 1.56. The SMILES string of the molecule is CC(C)c1c(N)cc[nH]c1=O. The first-order valence-electron chi connectivity index (χ1n) is 3.60. The maximum atomic E-state index is 11.1. The maximum Gasteiger partial charge on any atom is 0.253 e. The standard InChI is InChI=1S/C8H12N2O/c1-5(2)7-6(9)3-4-10-8(7)11/h3-5H,1-2H3,(H3,9,10,11). The lowest BCUT2D eigenvalue weighted by molar-refractivity contribution is 0.848. The third-order valence-corrected chi connectivity index (χ3v) is 1.61. The Hall–Kier alpha value is -1.25. The highest BCUT2D eigenvalue weighted by Crippen LogP contribution is 2.15. The van der Waals surface area contributed by atoms with Gasteiger partial charge in [0.1, 0.15) is 0 Å². The summed E-state index contributed by atoms with van der Waals surface area (Å²) >= 11 is 0. The molecule has 0 radical (unpaired) electrons. The zero-order chi connectivity index (χ0) is 8.43. The first-order chi connectivity index (χ1) is 5.13. The Labute approximate surface area is 65.2 Å². The molecule has 3 nitrogen and oxygen atoms in total. The molecular weight excluding hydrogens is 140 g/mol. The lowest BCUT2D eigenvalue weighted by Crippen LogP contribution is -2.15. The van der Waals surface area contributed by atoms with Crippen molar-refractivity contribution in [2.45, 2.75) is 19.8 Å². The zero-order valence-corrected chi connectivity index (χ0v) is 6.72. The van der Waals surface area contributed by atoms with Crippen molar-refractivity contribution in [3.05, 3.63) is 28.2 Å². The number of rotatable bonds is 1. The van der Waals surface area contributed by atoms with Crippen molar-refractivity contribution in [3.8, 4) is 0 Å². The molecule has 11 heavy (non-hydrogen) atoms. The molecule has 0 bridgehead atoms. The normalized spacial score (nSPS) is 10.5. The van der Waals surface area contributed by atoms with Gasteiger partial charge < -0.3 is 10.7 Å². The average molecular weight is 152 g/mol. The van der Waals surface area contributed by atoms with E-state index in [0.29, 0.717) is 11.3 Å². The molecule has 0 atom stereocenters. The molecule has 1 rings (SSSR count).